The zero-order valence-electron chi connectivity index (χ0n) is 32.5. The average Bonchev–Trinajstić information content (AvgIpc) is 4.00. The molecule has 0 fully saturated rings. The molecule has 61 heavy (non-hydrogen) atoms. The van der Waals surface area contributed by atoms with E-state index in [4.69, 9.17) is 23.8 Å². The summed E-state index contributed by atoms with van der Waals surface area (Å²) in [6.07, 6.45) is 3.53. The number of para-hydroxylation sites is 2. The van der Waals surface area contributed by atoms with Gasteiger partial charge in [-0.15, -0.1) is 0 Å². The smallest absolute Gasteiger partial charge is 0.164 e. The standard InChI is InChI=1S/C54H31N5O2/c1-2-11-32(12-3-1)35-17-10-19-46-51(35)42-16-6-8-18-44(42)59(46)45-25-24-41(36-13-4-5-14-37(36)45)54-57-52(33-22-26-48-43(29-33)40-27-28-55-31-50(40)61-48)56-53(58-54)34-21-23-39-38-15-7-9-20-47(38)60-49(39)30-34/h1-31H. The number of hydrogen-bond donors (Lipinski definition) is 0. The Bertz CT molecular complexity index is 3900. The van der Waals surface area contributed by atoms with Gasteiger partial charge in [0.05, 0.1) is 22.9 Å². The van der Waals surface area contributed by atoms with Crippen molar-refractivity contribution in [2.24, 2.45) is 0 Å². The van der Waals surface area contributed by atoms with Crippen LogP contribution in [-0.4, -0.2) is 24.5 Å². The van der Waals surface area contributed by atoms with Gasteiger partial charge in [0.15, 0.2) is 23.1 Å². The van der Waals surface area contributed by atoms with E-state index in [2.05, 4.69) is 143 Å². The number of furan rings is 2. The van der Waals surface area contributed by atoms with Gasteiger partial charge >= 0.3 is 0 Å². The molecule has 7 nitrogen and oxygen atoms in total. The van der Waals surface area contributed by atoms with Crippen molar-refractivity contribution in [3.63, 3.8) is 0 Å². The van der Waals surface area contributed by atoms with E-state index in [9.17, 15) is 0 Å². The van der Waals surface area contributed by atoms with E-state index in [0.717, 1.165) is 88.1 Å². The Kier molecular flexibility index (Phi) is 7.17. The minimum atomic E-state index is 0.549. The van der Waals surface area contributed by atoms with Gasteiger partial charge in [0.1, 0.15) is 16.7 Å². The summed E-state index contributed by atoms with van der Waals surface area (Å²) in [5.41, 5.74) is 11.5. The van der Waals surface area contributed by atoms with Gasteiger partial charge < -0.3 is 13.4 Å². The summed E-state index contributed by atoms with van der Waals surface area (Å²) in [6.45, 7) is 0. The van der Waals surface area contributed by atoms with E-state index in [0.29, 0.717) is 17.5 Å². The summed E-state index contributed by atoms with van der Waals surface area (Å²) in [5.74, 6) is 1.68. The fraction of sp³-hybridized carbons (Fsp3) is 0. The lowest BCUT2D eigenvalue weighted by Crippen LogP contribution is -2.02. The number of benzene rings is 8. The van der Waals surface area contributed by atoms with Crippen molar-refractivity contribution < 1.29 is 8.83 Å². The molecule has 0 aliphatic heterocycles. The number of hydrogen-bond acceptors (Lipinski definition) is 6. The number of rotatable bonds is 5. The van der Waals surface area contributed by atoms with Crippen molar-refractivity contribution in [1.29, 1.82) is 0 Å². The minimum Gasteiger partial charge on any atom is -0.456 e. The fourth-order valence-corrected chi connectivity index (χ4v) is 9.20. The van der Waals surface area contributed by atoms with E-state index in [1.807, 2.05) is 42.5 Å². The Balaban J connectivity index is 1.04. The Morgan fingerprint density at radius 2 is 1.02 bits per heavy atom. The topological polar surface area (TPSA) is 82.8 Å². The summed E-state index contributed by atoms with van der Waals surface area (Å²) in [5, 5.41) is 8.62. The van der Waals surface area contributed by atoms with Crippen LogP contribution in [0.3, 0.4) is 0 Å². The third-order valence-electron chi connectivity index (χ3n) is 12.0. The quantitative estimate of drug-likeness (QED) is 0.173. The first-order chi connectivity index (χ1) is 30.2. The van der Waals surface area contributed by atoms with Crippen LogP contribution in [0, 0.1) is 0 Å². The molecule has 0 saturated carbocycles. The average molecular weight is 782 g/mol. The summed E-state index contributed by atoms with van der Waals surface area (Å²) in [6, 6.07) is 61.2. The molecule has 0 radical (unpaired) electrons. The summed E-state index contributed by atoms with van der Waals surface area (Å²) >= 11 is 0. The number of nitrogens with zero attached hydrogens (tertiary/aromatic N) is 5. The molecule has 8 aromatic carbocycles. The molecule has 0 saturated heterocycles. The molecule has 0 N–H and O–H groups in total. The normalized spacial score (nSPS) is 11.9. The monoisotopic (exact) mass is 781 g/mol. The molecule has 7 heteroatoms. The van der Waals surface area contributed by atoms with Crippen LogP contribution < -0.4 is 0 Å². The van der Waals surface area contributed by atoms with E-state index in [1.54, 1.807) is 12.4 Å². The fourth-order valence-electron chi connectivity index (χ4n) is 9.20. The van der Waals surface area contributed by atoms with Gasteiger partial charge in [0.25, 0.3) is 0 Å². The van der Waals surface area contributed by atoms with Gasteiger partial charge in [-0.3, -0.25) is 4.98 Å². The van der Waals surface area contributed by atoms with Crippen LogP contribution in [0.1, 0.15) is 0 Å². The van der Waals surface area contributed by atoms with Crippen LogP contribution >= 0.6 is 0 Å². The third kappa shape index (κ3) is 5.17. The molecule has 0 amide bonds. The molecule has 0 unspecified atom stereocenters. The van der Waals surface area contributed by atoms with Crippen LogP contribution in [0.5, 0.6) is 0 Å². The van der Waals surface area contributed by atoms with Crippen LogP contribution in [0.2, 0.25) is 0 Å². The highest BCUT2D eigenvalue weighted by molar-refractivity contribution is 6.17. The number of fused-ring (bicyclic) bond motifs is 10. The van der Waals surface area contributed by atoms with E-state index in [1.165, 1.54) is 21.9 Å². The molecule has 5 heterocycles. The molecule has 0 atom stereocenters. The highest BCUT2D eigenvalue weighted by Gasteiger charge is 2.21. The Hall–Kier alpha value is -8.42. The van der Waals surface area contributed by atoms with Gasteiger partial charge in [-0.2, -0.15) is 0 Å². The summed E-state index contributed by atoms with van der Waals surface area (Å²) in [4.78, 5) is 19.9. The molecule has 13 rings (SSSR count). The van der Waals surface area contributed by atoms with Gasteiger partial charge in [-0.1, -0.05) is 109 Å². The predicted octanol–water partition coefficient (Wildman–Crippen LogP) is 14.0. The Morgan fingerprint density at radius 3 is 1.90 bits per heavy atom. The van der Waals surface area contributed by atoms with Crippen molar-refractivity contribution in [3.05, 3.63) is 188 Å². The zero-order chi connectivity index (χ0) is 40.0. The molecule has 0 aliphatic carbocycles. The first-order valence-electron chi connectivity index (χ1n) is 20.3. The van der Waals surface area contributed by atoms with Crippen molar-refractivity contribution in [3.8, 4) is 51.0 Å². The lowest BCUT2D eigenvalue weighted by molar-refractivity contribution is 0.667. The van der Waals surface area contributed by atoms with Gasteiger partial charge in [0.2, 0.25) is 0 Å². The SMILES string of the molecule is c1ccc(-c2cccc3c2c2ccccc2n3-c2ccc(-c3nc(-c4ccc5c(c4)oc4ccccc45)nc(-c4ccc5oc6cnccc6c5c4)n3)c3ccccc23)cc1. The van der Waals surface area contributed by atoms with Crippen LogP contribution in [-0.2, 0) is 0 Å². The Morgan fingerprint density at radius 1 is 0.361 bits per heavy atom. The number of pyridine rings is 1. The molecule has 0 bridgehead atoms. The van der Waals surface area contributed by atoms with E-state index >= 15 is 0 Å². The molecule has 0 aliphatic rings. The van der Waals surface area contributed by atoms with Crippen LogP contribution in [0.4, 0.5) is 0 Å². The maximum absolute atomic E-state index is 6.34. The first kappa shape index (κ1) is 33.5. The van der Waals surface area contributed by atoms with Gasteiger partial charge in [-0.05, 0) is 83.2 Å². The third-order valence-corrected chi connectivity index (χ3v) is 12.0. The largest absolute Gasteiger partial charge is 0.456 e. The van der Waals surface area contributed by atoms with Crippen molar-refractivity contribution in [2.45, 2.75) is 0 Å². The lowest BCUT2D eigenvalue weighted by Gasteiger charge is -2.15. The van der Waals surface area contributed by atoms with Crippen molar-refractivity contribution in [2.75, 3.05) is 0 Å². The molecule has 13 aromatic rings. The highest BCUT2D eigenvalue weighted by atomic mass is 16.3. The molecular weight excluding hydrogens is 751 g/mol. The minimum absolute atomic E-state index is 0.549. The predicted molar refractivity (Wildman–Crippen MR) is 246 cm³/mol. The molecule has 5 aromatic heterocycles. The molecule has 284 valence electrons. The van der Waals surface area contributed by atoms with Crippen molar-refractivity contribution >= 4 is 76.5 Å². The van der Waals surface area contributed by atoms with Gasteiger partial charge in [-0.25, -0.2) is 15.0 Å². The summed E-state index contributed by atoms with van der Waals surface area (Å²) < 4.78 is 14.9. The molecular formula is C54H31N5O2. The van der Waals surface area contributed by atoms with Gasteiger partial charge in [0, 0.05) is 60.6 Å². The number of aromatic nitrogens is 5. The first-order valence-corrected chi connectivity index (χ1v) is 20.3. The van der Waals surface area contributed by atoms with E-state index < -0.39 is 0 Å². The lowest BCUT2D eigenvalue weighted by atomic mass is 9.99. The summed E-state index contributed by atoms with van der Waals surface area (Å²) in [7, 11) is 0. The zero-order valence-corrected chi connectivity index (χ0v) is 32.5. The van der Waals surface area contributed by atoms with Crippen LogP contribution in [0.25, 0.3) is 127 Å². The Labute approximate surface area is 347 Å². The second-order valence-corrected chi connectivity index (χ2v) is 15.4. The maximum Gasteiger partial charge on any atom is 0.164 e. The van der Waals surface area contributed by atoms with E-state index in [-0.39, 0.29) is 0 Å². The second kappa shape index (κ2) is 13.0. The van der Waals surface area contributed by atoms with Crippen molar-refractivity contribution in [1.82, 2.24) is 24.5 Å². The van der Waals surface area contributed by atoms with Crippen LogP contribution in [0.15, 0.2) is 197 Å². The highest BCUT2D eigenvalue weighted by Crippen LogP contribution is 2.42. The molecule has 0 spiro atoms. The second-order valence-electron chi connectivity index (χ2n) is 15.4. The maximum atomic E-state index is 6.34.